The van der Waals surface area contributed by atoms with Crippen molar-refractivity contribution in [1.82, 2.24) is 0 Å². The van der Waals surface area contributed by atoms with E-state index in [9.17, 15) is 0 Å². The molecule has 0 saturated carbocycles. The minimum absolute atomic E-state index is 0.123. The molecule has 0 atom stereocenters. The lowest BCUT2D eigenvalue weighted by Gasteiger charge is -2.43. The Morgan fingerprint density at radius 2 is 0.859 bits per heavy atom. The Balaban J connectivity index is 1.11. The van der Waals surface area contributed by atoms with Crippen molar-refractivity contribution in [1.29, 1.82) is 0 Å². The van der Waals surface area contributed by atoms with Crippen LogP contribution >= 0.6 is 11.8 Å². The number of hydrogen-bond donors (Lipinski definition) is 0. The molecule has 64 heavy (non-hydrogen) atoms. The van der Waals surface area contributed by atoms with Crippen LogP contribution in [0.5, 0.6) is 0 Å². The van der Waals surface area contributed by atoms with Crippen LogP contribution in [0.1, 0.15) is 47.2 Å². The van der Waals surface area contributed by atoms with Crippen LogP contribution in [0.3, 0.4) is 0 Å². The van der Waals surface area contributed by atoms with Crippen LogP contribution in [0.4, 0.5) is 17.1 Å². The van der Waals surface area contributed by atoms with E-state index in [4.69, 9.17) is 0 Å². The fraction of sp³-hybridized carbons (Fsp3) is 0.0645. The fourth-order valence-electron chi connectivity index (χ4n) is 10.9. The average Bonchev–Trinajstić information content (AvgIpc) is 3.60. The zero-order chi connectivity index (χ0) is 42.8. The summed E-state index contributed by atoms with van der Waals surface area (Å²) >= 11 is 1.97. The Morgan fingerprint density at radius 1 is 0.344 bits per heavy atom. The third kappa shape index (κ3) is 5.79. The lowest BCUT2D eigenvalue weighted by molar-refractivity contribution is 0.655. The molecule has 0 aromatic heterocycles. The van der Waals surface area contributed by atoms with Gasteiger partial charge >= 0.3 is 0 Å². The van der Waals surface area contributed by atoms with Gasteiger partial charge in [-0.3, -0.25) is 0 Å². The number of rotatable bonds is 7. The molecule has 0 saturated heterocycles. The highest BCUT2D eigenvalue weighted by Crippen LogP contribution is 2.63. The summed E-state index contributed by atoms with van der Waals surface area (Å²) in [5.74, 6) is 0. The second-order valence-electron chi connectivity index (χ2n) is 17.6. The van der Waals surface area contributed by atoms with Gasteiger partial charge in [-0.25, -0.2) is 0 Å². The molecule has 0 radical (unpaired) electrons. The first kappa shape index (κ1) is 38.3. The van der Waals surface area contributed by atoms with E-state index >= 15 is 0 Å². The zero-order valence-corrected chi connectivity index (χ0v) is 36.7. The average molecular weight is 836 g/mol. The molecule has 0 amide bonds. The summed E-state index contributed by atoms with van der Waals surface area (Å²) < 4.78 is 0. The summed E-state index contributed by atoms with van der Waals surface area (Å²) in [7, 11) is 0. The first-order valence-electron chi connectivity index (χ1n) is 22.3. The lowest BCUT2D eigenvalue weighted by atomic mass is 9.64. The maximum absolute atomic E-state index is 2.46. The van der Waals surface area contributed by atoms with Gasteiger partial charge < -0.3 is 4.90 Å². The van der Waals surface area contributed by atoms with Crippen LogP contribution in [-0.2, 0) is 10.8 Å². The third-order valence-electron chi connectivity index (χ3n) is 13.8. The van der Waals surface area contributed by atoms with E-state index < -0.39 is 5.41 Å². The van der Waals surface area contributed by atoms with E-state index in [0.29, 0.717) is 0 Å². The molecular weight excluding hydrogens is 791 g/mol. The second-order valence-corrected chi connectivity index (χ2v) is 18.6. The highest BCUT2D eigenvalue weighted by molar-refractivity contribution is 7.99. The molecule has 1 aliphatic carbocycles. The Hall–Kier alpha value is -7.39. The second kappa shape index (κ2) is 15.2. The zero-order valence-electron chi connectivity index (χ0n) is 35.9. The van der Waals surface area contributed by atoms with E-state index in [1.54, 1.807) is 0 Å². The molecule has 1 aliphatic heterocycles. The van der Waals surface area contributed by atoms with Gasteiger partial charge in [0.1, 0.15) is 0 Å². The third-order valence-corrected chi connectivity index (χ3v) is 15.1. The summed E-state index contributed by atoms with van der Waals surface area (Å²) in [6, 6.07) is 87.6. The van der Waals surface area contributed by atoms with Crippen molar-refractivity contribution in [2.75, 3.05) is 4.90 Å². The van der Waals surface area contributed by atoms with E-state index in [2.05, 4.69) is 255 Å². The van der Waals surface area contributed by atoms with Gasteiger partial charge in [0.25, 0.3) is 0 Å². The monoisotopic (exact) mass is 835 g/mol. The van der Waals surface area contributed by atoms with Gasteiger partial charge in [0.15, 0.2) is 0 Å². The van der Waals surface area contributed by atoms with Crippen molar-refractivity contribution < 1.29 is 0 Å². The van der Waals surface area contributed by atoms with Gasteiger partial charge in [0.2, 0.25) is 0 Å². The molecule has 2 heteroatoms. The molecule has 10 aromatic carbocycles. The molecule has 0 N–H and O–H groups in total. The van der Waals surface area contributed by atoms with Crippen molar-refractivity contribution in [2.24, 2.45) is 0 Å². The standard InChI is InChI=1S/C62H45NS/c1-61(2)53-32-18-17-30-52(53)58-54(61)39-40-56-60(58)64-59-51(31-19-33-55(59)62(56,44-22-9-4-10-23-44)45-24-11-5-12-25-45)49-38-41-57(50-29-16-15-28-48(49)50)63(46-26-13-6-14-27-46)47-36-34-43(35-37-47)42-20-7-3-8-21-42/h3-41H,1-2H3. The number of fused-ring (bicyclic) bond motifs is 7. The summed E-state index contributed by atoms with van der Waals surface area (Å²) in [4.78, 5) is 5.05. The minimum atomic E-state index is -0.573. The van der Waals surface area contributed by atoms with Crippen molar-refractivity contribution in [3.8, 4) is 33.4 Å². The topological polar surface area (TPSA) is 3.24 Å². The summed E-state index contributed by atoms with van der Waals surface area (Å²) in [6.45, 7) is 4.78. The Labute approximate surface area is 380 Å². The Kier molecular flexibility index (Phi) is 9.07. The lowest BCUT2D eigenvalue weighted by Crippen LogP contribution is -2.34. The normalized spacial score (nSPS) is 14.0. The molecular formula is C62H45NS. The summed E-state index contributed by atoms with van der Waals surface area (Å²) in [5, 5.41) is 2.42. The van der Waals surface area contributed by atoms with E-state index in [-0.39, 0.29) is 5.41 Å². The van der Waals surface area contributed by atoms with Gasteiger partial charge in [-0.2, -0.15) is 0 Å². The highest BCUT2D eigenvalue weighted by atomic mass is 32.2. The fourth-order valence-corrected chi connectivity index (χ4v) is 12.4. The smallest absolute Gasteiger partial charge is 0.0723 e. The van der Waals surface area contributed by atoms with Gasteiger partial charge in [-0.1, -0.05) is 232 Å². The molecule has 0 fully saturated rings. The van der Waals surface area contributed by atoms with Crippen molar-refractivity contribution in [3.63, 3.8) is 0 Å². The van der Waals surface area contributed by atoms with Gasteiger partial charge in [0, 0.05) is 37.5 Å². The van der Waals surface area contributed by atoms with Crippen molar-refractivity contribution in [3.05, 3.63) is 270 Å². The first-order valence-corrected chi connectivity index (χ1v) is 23.1. The van der Waals surface area contributed by atoms with Crippen LogP contribution < -0.4 is 4.90 Å². The number of benzene rings is 10. The summed E-state index contributed by atoms with van der Waals surface area (Å²) in [5.41, 5.74) is 18.2. The number of hydrogen-bond acceptors (Lipinski definition) is 2. The Bertz CT molecular complexity index is 3320. The van der Waals surface area contributed by atoms with Crippen molar-refractivity contribution in [2.45, 2.75) is 34.5 Å². The number of anilines is 3. The first-order chi connectivity index (χ1) is 31.5. The van der Waals surface area contributed by atoms with Gasteiger partial charge in [0.05, 0.1) is 11.1 Å². The maximum atomic E-state index is 2.46. The number of nitrogens with zero attached hydrogens (tertiary/aromatic N) is 1. The molecule has 10 aromatic rings. The molecule has 304 valence electrons. The van der Waals surface area contributed by atoms with Crippen LogP contribution in [-0.4, -0.2) is 0 Å². The number of para-hydroxylation sites is 1. The predicted octanol–water partition coefficient (Wildman–Crippen LogP) is 16.8. The quantitative estimate of drug-likeness (QED) is 0.157. The molecule has 1 heterocycles. The van der Waals surface area contributed by atoms with Gasteiger partial charge in [-0.15, -0.1) is 0 Å². The van der Waals surface area contributed by atoms with Crippen molar-refractivity contribution >= 4 is 39.6 Å². The molecule has 0 bridgehead atoms. The molecule has 12 rings (SSSR count). The van der Waals surface area contributed by atoms with E-state index in [1.165, 1.54) is 87.3 Å². The van der Waals surface area contributed by atoms with Crippen LogP contribution in [0.25, 0.3) is 44.2 Å². The van der Waals surface area contributed by atoms with E-state index in [1.807, 2.05) is 11.8 Å². The molecule has 1 nitrogen and oxygen atoms in total. The largest absolute Gasteiger partial charge is 0.310 e. The predicted molar refractivity (Wildman–Crippen MR) is 269 cm³/mol. The van der Waals surface area contributed by atoms with Crippen LogP contribution in [0.15, 0.2) is 246 Å². The van der Waals surface area contributed by atoms with Gasteiger partial charge in [-0.05, 0) is 96.9 Å². The molecule has 0 spiro atoms. The molecule has 2 aliphatic rings. The van der Waals surface area contributed by atoms with Crippen LogP contribution in [0, 0.1) is 0 Å². The van der Waals surface area contributed by atoms with E-state index in [0.717, 1.165) is 17.1 Å². The highest BCUT2D eigenvalue weighted by Gasteiger charge is 2.48. The summed E-state index contributed by atoms with van der Waals surface area (Å²) in [6.07, 6.45) is 0. The molecule has 0 unspecified atom stereocenters. The SMILES string of the molecule is CC1(C)c2ccccc2-c2c1ccc1c2Sc2c(-c3ccc(N(c4ccccc4)c4ccc(-c5ccccc5)cc4)c4ccccc34)cccc2C1(c1ccccc1)c1ccccc1. The Morgan fingerprint density at radius 3 is 1.56 bits per heavy atom. The minimum Gasteiger partial charge on any atom is -0.310 e. The van der Waals surface area contributed by atoms with Crippen LogP contribution in [0.2, 0.25) is 0 Å². The maximum Gasteiger partial charge on any atom is 0.0723 e.